The molecule has 0 aliphatic heterocycles. The van der Waals surface area contributed by atoms with E-state index in [9.17, 15) is 9.50 Å². The summed E-state index contributed by atoms with van der Waals surface area (Å²) in [5.74, 6) is -0.356. The molecule has 1 aromatic carbocycles. The topological polar surface area (TPSA) is 59.3 Å². The first-order chi connectivity index (χ1) is 12.0. The fraction of sp³-hybridized carbons (Fsp3) is 0.632. The molecule has 26 heavy (non-hydrogen) atoms. The molecule has 0 aliphatic carbocycles. The Kier molecular flexibility index (Phi) is 6.60. The van der Waals surface area contributed by atoms with Crippen molar-refractivity contribution in [3.05, 3.63) is 29.7 Å². The molecule has 1 atom stereocenters. The molecule has 1 aromatic heterocycles. The van der Waals surface area contributed by atoms with Gasteiger partial charge >= 0.3 is 0 Å². The number of aromatic nitrogens is 2. The Morgan fingerprint density at radius 1 is 1.31 bits per heavy atom. The highest BCUT2D eigenvalue weighted by Crippen LogP contribution is 2.27. The quantitative estimate of drug-likeness (QED) is 0.538. The summed E-state index contributed by atoms with van der Waals surface area (Å²) in [5, 5.41) is 18.7. The maximum absolute atomic E-state index is 14.4. The van der Waals surface area contributed by atoms with E-state index >= 15 is 0 Å². The standard InChI is InChI=1S/C19H32FN3O2Si/c1-19(2,3)21-12-17(24)14-7-8-16(20)18-15(14)11-22-23(18)13-25-9-10-26(4,5)6/h7-8,11,17,21,24H,9-10,12-13H2,1-6H3/t17-/m0/s1. The van der Waals surface area contributed by atoms with Gasteiger partial charge in [-0.05, 0) is 38.4 Å². The van der Waals surface area contributed by atoms with Crippen LogP contribution in [-0.4, -0.2) is 41.7 Å². The van der Waals surface area contributed by atoms with Crippen molar-refractivity contribution in [2.45, 2.75) is 64.8 Å². The monoisotopic (exact) mass is 381 g/mol. The highest BCUT2D eigenvalue weighted by molar-refractivity contribution is 6.76. The molecule has 0 bridgehead atoms. The molecule has 2 aromatic rings. The van der Waals surface area contributed by atoms with Crippen molar-refractivity contribution < 1.29 is 14.2 Å². The zero-order valence-corrected chi connectivity index (χ0v) is 17.8. The van der Waals surface area contributed by atoms with Gasteiger partial charge in [-0.3, -0.25) is 0 Å². The fourth-order valence-corrected chi connectivity index (χ4v) is 3.37. The van der Waals surface area contributed by atoms with Crippen LogP contribution in [0.3, 0.4) is 0 Å². The highest BCUT2D eigenvalue weighted by atomic mass is 28.3. The normalized spacial score (nSPS) is 14.2. The predicted octanol–water partition coefficient (Wildman–Crippen LogP) is 3.91. The highest BCUT2D eigenvalue weighted by Gasteiger charge is 2.19. The minimum atomic E-state index is -1.16. The van der Waals surface area contributed by atoms with Gasteiger partial charge in [0.25, 0.3) is 0 Å². The van der Waals surface area contributed by atoms with Crippen LogP contribution in [0.15, 0.2) is 18.3 Å². The smallest absolute Gasteiger partial charge is 0.149 e. The van der Waals surface area contributed by atoms with Crippen molar-refractivity contribution in [3.8, 4) is 0 Å². The molecule has 0 amide bonds. The number of hydrogen-bond donors (Lipinski definition) is 2. The van der Waals surface area contributed by atoms with E-state index in [4.69, 9.17) is 4.74 Å². The minimum absolute atomic E-state index is 0.103. The number of β-amino-alcohol motifs (C(OH)–C–C–N with tert-alkyl or cyclic N) is 1. The molecule has 0 unspecified atom stereocenters. The van der Waals surface area contributed by atoms with Crippen LogP contribution in [0.25, 0.3) is 10.9 Å². The van der Waals surface area contributed by atoms with Gasteiger partial charge in [-0.15, -0.1) is 0 Å². The molecule has 0 spiro atoms. The molecule has 2 N–H and O–H groups in total. The molecular formula is C19H32FN3O2Si. The van der Waals surface area contributed by atoms with Crippen LogP contribution in [0.1, 0.15) is 32.4 Å². The molecule has 7 heteroatoms. The fourth-order valence-electron chi connectivity index (χ4n) is 2.61. The summed E-state index contributed by atoms with van der Waals surface area (Å²) >= 11 is 0. The second kappa shape index (κ2) is 8.16. The molecule has 0 aliphatic rings. The van der Waals surface area contributed by atoms with Gasteiger partial charge in [-0.25, -0.2) is 9.07 Å². The molecule has 146 valence electrons. The average Bonchev–Trinajstić information content (AvgIpc) is 2.93. The third-order valence-corrected chi connectivity index (χ3v) is 5.88. The molecular weight excluding hydrogens is 349 g/mol. The van der Waals surface area contributed by atoms with Gasteiger partial charge in [0.05, 0.1) is 12.3 Å². The number of ether oxygens (including phenoxy) is 1. The molecule has 0 saturated carbocycles. The third-order valence-electron chi connectivity index (χ3n) is 4.18. The first-order valence-corrected chi connectivity index (χ1v) is 12.8. The Bertz CT molecular complexity index is 735. The average molecular weight is 382 g/mol. The Labute approximate surface area is 156 Å². The second-order valence-electron chi connectivity index (χ2n) is 9.04. The largest absolute Gasteiger partial charge is 0.387 e. The van der Waals surface area contributed by atoms with Crippen LogP contribution in [-0.2, 0) is 11.5 Å². The Balaban J connectivity index is 2.15. The number of aliphatic hydroxyl groups excluding tert-OH is 1. The second-order valence-corrected chi connectivity index (χ2v) is 14.7. The van der Waals surface area contributed by atoms with E-state index in [1.54, 1.807) is 12.3 Å². The van der Waals surface area contributed by atoms with E-state index in [0.29, 0.717) is 29.6 Å². The van der Waals surface area contributed by atoms with Gasteiger partial charge in [-0.2, -0.15) is 5.10 Å². The molecule has 0 saturated heterocycles. The number of fused-ring (bicyclic) bond motifs is 1. The maximum atomic E-state index is 14.4. The van der Waals surface area contributed by atoms with Crippen LogP contribution in [0, 0.1) is 5.82 Å². The number of halogens is 1. The number of hydrogen-bond acceptors (Lipinski definition) is 4. The lowest BCUT2D eigenvalue weighted by atomic mass is 10.0. The predicted molar refractivity (Wildman–Crippen MR) is 107 cm³/mol. The van der Waals surface area contributed by atoms with Crippen molar-refractivity contribution in [1.82, 2.24) is 15.1 Å². The number of benzene rings is 1. The number of rotatable bonds is 8. The summed E-state index contributed by atoms with van der Waals surface area (Å²) in [5.41, 5.74) is 0.950. The lowest BCUT2D eigenvalue weighted by Gasteiger charge is -2.23. The molecule has 0 radical (unpaired) electrons. The zero-order chi connectivity index (χ0) is 19.5. The van der Waals surface area contributed by atoms with Crippen LogP contribution in [0.2, 0.25) is 25.7 Å². The molecule has 1 heterocycles. The molecule has 0 fully saturated rings. The molecule has 2 rings (SSSR count). The van der Waals surface area contributed by atoms with E-state index in [0.717, 1.165) is 6.04 Å². The first-order valence-electron chi connectivity index (χ1n) is 9.13. The van der Waals surface area contributed by atoms with E-state index < -0.39 is 14.2 Å². The van der Waals surface area contributed by atoms with Crippen molar-refractivity contribution in [2.75, 3.05) is 13.2 Å². The summed E-state index contributed by atoms with van der Waals surface area (Å²) in [6.45, 7) is 14.2. The number of nitrogens with one attached hydrogen (secondary N) is 1. The van der Waals surface area contributed by atoms with Crippen molar-refractivity contribution in [1.29, 1.82) is 0 Å². The van der Waals surface area contributed by atoms with Crippen LogP contribution in [0.5, 0.6) is 0 Å². The first kappa shape index (κ1) is 21.0. The van der Waals surface area contributed by atoms with Crippen LogP contribution in [0.4, 0.5) is 4.39 Å². The summed E-state index contributed by atoms with van der Waals surface area (Å²) < 4.78 is 21.6. The summed E-state index contributed by atoms with van der Waals surface area (Å²) in [6.07, 6.45) is 0.874. The van der Waals surface area contributed by atoms with Gasteiger partial charge in [0, 0.05) is 32.2 Å². The van der Waals surface area contributed by atoms with Crippen molar-refractivity contribution >= 4 is 19.0 Å². The van der Waals surface area contributed by atoms with Gasteiger partial charge < -0.3 is 15.2 Å². The van der Waals surface area contributed by atoms with Gasteiger partial charge in [0.15, 0.2) is 0 Å². The Morgan fingerprint density at radius 2 is 2.00 bits per heavy atom. The van der Waals surface area contributed by atoms with Crippen LogP contribution < -0.4 is 5.32 Å². The van der Waals surface area contributed by atoms with E-state index in [-0.39, 0.29) is 18.1 Å². The summed E-state index contributed by atoms with van der Waals surface area (Å²) in [4.78, 5) is 0. The number of nitrogens with zero attached hydrogens (tertiary/aromatic N) is 2. The number of aliphatic hydroxyl groups is 1. The summed E-state index contributed by atoms with van der Waals surface area (Å²) in [7, 11) is -1.16. The lowest BCUT2D eigenvalue weighted by Crippen LogP contribution is -2.38. The van der Waals surface area contributed by atoms with Crippen molar-refractivity contribution in [2.24, 2.45) is 0 Å². The van der Waals surface area contributed by atoms with E-state index in [1.807, 2.05) is 20.8 Å². The Morgan fingerprint density at radius 3 is 2.62 bits per heavy atom. The lowest BCUT2D eigenvalue weighted by molar-refractivity contribution is 0.0813. The minimum Gasteiger partial charge on any atom is -0.387 e. The third kappa shape index (κ3) is 5.87. The van der Waals surface area contributed by atoms with Crippen molar-refractivity contribution in [3.63, 3.8) is 0 Å². The van der Waals surface area contributed by atoms with E-state index in [2.05, 4.69) is 30.1 Å². The van der Waals surface area contributed by atoms with Gasteiger partial charge in [0.2, 0.25) is 0 Å². The maximum Gasteiger partial charge on any atom is 0.149 e. The SMILES string of the molecule is CC(C)(C)NC[C@H](O)c1ccc(F)c2c1cnn2COCC[Si](C)(C)C. The molecule has 5 nitrogen and oxygen atoms in total. The van der Waals surface area contributed by atoms with E-state index in [1.165, 1.54) is 10.7 Å². The Hall–Kier alpha value is -1.28. The van der Waals surface area contributed by atoms with Gasteiger partial charge in [0.1, 0.15) is 18.1 Å². The summed E-state index contributed by atoms with van der Waals surface area (Å²) in [6, 6.07) is 4.07. The van der Waals surface area contributed by atoms with Crippen LogP contribution >= 0.6 is 0 Å². The van der Waals surface area contributed by atoms with Gasteiger partial charge in [-0.1, -0.05) is 25.7 Å². The zero-order valence-electron chi connectivity index (χ0n) is 16.8.